The molecule has 29 heavy (non-hydrogen) atoms. The van der Waals surface area contributed by atoms with Gasteiger partial charge in [-0.2, -0.15) is 0 Å². The SMILES string of the molecule is O=C1c2ccccc2C2(c3ccc(Cl)cc3)N(Cc3ccc(F)cc3)CCCN12. The van der Waals surface area contributed by atoms with Crippen LogP contribution in [0.1, 0.15) is 33.5 Å². The van der Waals surface area contributed by atoms with Crippen molar-refractivity contribution in [1.82, 2.24) is 9.80 Å². The number of carbonyl (C=O) groups excluding carboxylic acids is 1. The number of halogens is 2. The smallest absolute Gasteiger partial charge is 0.256 e. The van der Waals surface area contributed by atoms with Gasteiger partial charge in [0.2, 0.25) is 0 Å². The molecule has 0 aliphatic carbocycles. The topological polar surface area (TPSA) is 23.6 Å². The maximum Gasteiger partial charge on any atom is 0.256 e. The van der Waals surface area contributed by atoms with E-state index in [1.165, 1.54) is 12.1 Å². The van der Waals surface area contributed by atoms with Gasteiger partial charge >= 0.3 is 0 Å². The van der Waals surface area contributed by atoms with Crippen LogP contribution in [-0.2, 0) is 12.2 Å². The van der Waals surface area contributed by atoms with E-state index < -0.39 is 5.66 Å². The van der Waals surface area contributed by atoms with Gasteiger partial charge in [0.25, 0.3) is 5.91 Å². The minimum Gasteiger partial charge on any atom is -0.312 e. The van der Waals surface area contributed by atoms with Crippen molar-refractivity contribution >= 4 is 17.5 Å². The van der Waals surface area contributed by atoms with Crippen LogP contribution in [0.15, 0.2) is 72.8 Å². The third-order valence-corrected chi connectivity index (χ3v) is 6.22. The Morgan fingerprint density at radius 3 is 2.41 bits per heavy atom. The van der Waals surface area contributed by atoms with Gasteiger partial charge in [0.05, 0.1) is 0 Å². The molecule has 3 aromatic rings. The average molecular weight is 407 g/mol. The minimum atomic E-state index is -0.690. The molecule has 3 aromatic carbocycles. The molecule has 1 atom stereocenters. The standard InChI is InChI=1S/C24H20ClFN2O/c25-19-10-8-18(9-11-19)24-22-5-2-1-4-21(22)23(29)28(24)15-3-14-27(24)16-17-6-12-20(26)13-7-17/h1-2,4-13H,3,14-16H2. The fourth-order valence-electron chi connectivity index (χ4n) is 4.78. The Morgan fingerprint density at radius 1 is 0.931 bits per heavy atom. The van der Waals surface area contributed by atoms with Crippen molar-refractivity contribution in [3.05, 3.63) is 106 Å². The molecule has 2 heterocycles. The summed E-state index contributed by atoms with van der Waals surface area (Å²) in [4.78, 5) is 17.7. The van der Waals surface area contributed by atoms with Gasteiger partial charge in [0.15, 0.2) is 0 Å². The molecule has 3 nitrogen and oxygen atoms in total. The quantitative estimate of drug-likeness (QED) is 0.608. The lowest BCUT2D eigenvalue weighted by Crippen LogP contribution is -2.60. The number of hydrogen-bond acceptors (Lipinski definition) is 2. The lowest BCUT2D eigenvalue weighted by Gasteiger charge is -2.51. The monoisotopic (exact) mass is 406 g/mol. The molecule has 0 bridgehead atoms. The van der Waals surface area contributed by atoms with Gasteiger partial charge < -0.3 is 4.90 Å². The fraction of sp³-hybridized carbons (Fsp3) is 0.208. The Hall–Kier alpha value is -2.69. The molecule has 5 rings (SSSR count). The molecule has 0 aromatic heterocycles. The molecule has 1 saturated heterocycles. The molecular weight excluding hydrogens is 387 g/mol. The maximum absolute atomic E-state index is 13.4. The molecule has 1 amide bonds. The zero-order chi connectivity index (χ0) is 20.0. The van der Waals surface area contributed by atoms with E-state index in [0.717, 1.165) is 35.2 Å². The highest BCUT2D eigenvalue weighted by molar-refractivity contribution is 6.30. The van der Waals surface area contributed by atoms with Crippen molar-refractivity contribution in [2.45, 2.75) is 18.6 Å². The van der Waals surface area contributed by atoms with Crippen LogP contribution in [0.5, 0.6) is 0 Å². The second-order valence-corrected chi connectivity index (χ2v) is 8.02. The molecule has 0 spiro atoms. The number of hydrogen-bond donors (Lipinski definition) is 0. The maximum atomic E-state index is 13.4. The van der Waals surface area contributed by atoms with Crippen LogP contribution >= 0.6 is 11.6 Å². The van der Waals surface area contributed by atoms with E-state index in [1.807, 2.05) is 65.6 Å². The molecular formula is C24H20ClFN2O. The van der Waals surface area contributed by atoms with Crippen LogP contribution in [0.4, 0.5) is 4.39 Å². The van der Waals surface area contributed by atoms with Crippen molar-refractivity contribution in [1.29, 1.82) is 0 Å². The number of carbonyl (C=O) groups is 1. The Kier molecular flexibility index (Phi) is 4.41. The number of fused-ring (bicyclic) bond motifs is 3. The molecule has 1 unspecified atom stereocenters. The number of nitrogens with zero attached hydrogens (tertiary/aromatic N) is 2. The molecule has 5 heteroatoms. The van der Waals surface area contributed by atoms with Crippen molar-refractivity contribution in [3.63, 3.8) is 0 Å². The minimum absolute atomic E-state index is 0.0550. The lowest BCUT2D eigenvalue weighted by molar-refractivity contribution is -0.0433. The number of benzene rings is 3. The van der Waals surface area contributed by atoms with E-state index in [2.05, 4.69) is 4.90 Å². The Morgan fingerprint density at radius 2 is 1.66 bits per heavy atom. The second kappa shape index (κ2) is 6.97. The van der Waals surface area contributed by atoms with E-state index >= 15 is 0 Å². The summed E-state index contributed by atoms with van der Waals surface area (Å²) in [5.74, 6) is -0.192. The van der Waals surface area contributed by atoms with Crippen molar-refractivity contribution in [2.75, 3.05) is 13.1 Å². The summed E-state index contributed by atoms with van der Waals surface area (Å²) in [6.07, 6.45) is 0.885. The predicted molar refractivity (Wildman–Crippen MR) is 111 cm³/mol. The van der Waals surface area contributed by atoms with Gasteiger partial charge in [0.1, 0.15) is 11.5 Å². The first kappa shape index (κ1) is 18.3. The predicted octanol–water partition coefficient (Wildman–Crippen LogP) is 5.04. The highest BCUT2D eigenvalue weighted by atomic mass is 35.5. The van der Waals surface area contributed by atoms with Gasteiger partial charge in [-0.3, -0.25) is 9.69 Å². The Balaban J connectivity index is 1.71. The fourth-order valence-corrected chi connectivity index (χ4v) is 4.90. The van der Waals surface area contributed by atoms with Gasteiger partial charge in [-0.15, -0.1) is 0 Å². The van der Waals surface area contributed by atoms with Crippen LogP contribution in [0.25, 0.3) is 0 Å². The highest BCUT2D eigenvalue weighted by Crippen LogP contribution is 2.49. The Labute approximate surface area is 174 Å². The molecule has 2 aliphatic heterocycles. The summed E-state index contributed by atoms with van der Waals surface area (Å²) < 4.78 is 13.4. The molecule has 146 valence electrons. The summed E-state index contributed by atoms with van der Waals surface area (Å²) in [5, 5.41) is 0.662. The normalized spacial score (nSPS) is 21.2. The molecule has 2 aliphatic rings. The molecule has 0 N–H and O–H groups in total. The number of amides is 1. The van der Waals surface area contributed by atoms with E-state index in [1.54, 1.807) is 0 Å². The Bertz CT molecular complexity index is 1070. The summed E-state index contributed by atoms with van der Waals surface area (Å²) >= 11 is 6.17. The summed E-state index contributed by atoms with van der Waals surface area (Å²) in [7, 11) is 0. The van der Waals surface area contributed by atoms with E-state index in [-0.39, 0.29) is 11.7 Å². The number of rotatable bonds is 3. The second-order valence-electron chi connectivity index (χ2n) is 7.58. The zero-order valence-corrected chi connectivity index (χ0v) is 16.6. The van der Waals surface area contributed by atoms with Gasteiger partial charge in [-0.25, -0.2) is 4.39 Å². The van der Waals surface area contributed by atoms with Crippen molar-refractivity contribution in [3.8, 4) is 0 Å². The van der Waals surface area contributed by atoms with E-state index in [0.29, 0.717) is 18.1 Å². The van der Waals surface area contributed by atoms with Crippen LogP contribution in [-0.4, -0.2) is 28.8 Å². The van der Waals surface area contributed by atoms with Gasteiger partial charge in [0, 0.05) is 35.8 Å². The summed E-state index contributed by atoms with van der Waals surface area (Å²) in [6, 6.07) is 22.2. The first-order valence-corrected chi connectivity index (χ1v) is 10.2. The third-order valence-electron chi connectivity index (χ3n) is 5.97. The van der Waals surface area contributed by atoms with Crippen LogP contribution < -0.4 is 0 Å². The third kappa shape index (κ3) is 2.78. The van der Waals surface area contributed by atoms with Crippen LogP contribution in [0.2, 0.25) is 5.02 Å². The molecule has 0 radical (unpaired) electrons. The first-order chi connectivity index (χ1) is 14.1. The van der Waals surface area contributed by atoms with Crippen LogP contribution in [0.3, 0.4) is 0 Å². The average Bonchev–Trinajstić information content (AvgIpc) is 3.01. The van der Waals surface area contributed by atoms with Crippen molar-refractivity contribution in [2.24, 2.45) is 0 Å². The molecule has 1 fully saturated rings. The highest BCUT2D eigenvalue weighted by Gasteiger charge is 2.55. The van der Waals surface area contributed by atoms with Crippen LogP contribution in [0, 0.1) is 5.82 Å². The van der Waals surface area contributed by atoms with Crippen molar-refractivity contribution < 1.29 is 9.18 Å². The van der Waals surface area contributed by atoms with Gasteiger partial charge in [-0.1, -0.05) is 54.1 Å². The lowest BCUT2D eigenvalue weighted by atomic mass is 9.87. The summed E-state index contributed by atoms with van der Waals surface area (Å²) in [6.45, 7) is 2.13. The van der Waals surface area contributed by atoms with E-state index in [4.69, 9.17) is 11.6 Å². The van der Waals surface area contributed by atoms with Gasteiger partial charge in [-0.05, 0) is 47.9 Å². The largest absolute Gasteiger partial charge is 0.312 e. The van der Waals surface area contributed by atoms with E-state index in [9.17, 15) is 9.18 Å². The first-order valence-electron chi connectivity index (χ1n) is 9.78. The zero-order valence-electron chi connectivity index (χ0n) is 15.8. The molecule has 0 saturated carbocycles. The summed E-state index contributed by atoms with van der Waals surface area (Å²) in [5.41, 5.74) is 3.08.